The Bertz CT molecular complexity index is 1780. The lowest BCUT2D eigenvalue weighted by Crippen LogP contribution is -2.32. The van der Waals surface area contributed by atoms with Crippen molar-refractivity contribution in [2.45, 2.75) is 38.3 Å². The largest absolute Gasteiger partial charge is 0.328 e. The number of aromatic amines is 1. The van der Waals surface area contributed by atoms with Crippen LogP contribution in [0.3, 0.4) is 0 Å². The average molecular weight is 512 g/mol. The van der Waals surface area contributed by atoms with Crippen LogP contribution >= 0.6 is 11.5 Å². The molecule has 2 aromatic heterocycles. The molecule has 3 heterocycles. The first kappa shape index (κ1) is 22.6. The standard InChI is InChI=1S/C30H26FN3O2S/c31-25-15-24-26(34(22-8-9-22)30-27(28(24)35)29(36)32-37-30)16-23(25)20-6-7-21-17-33(13-11-19(21)14-20)12-10-18-4-2-1-3-5-18/h1-7,14-16,22H,8-13,17H2,(H,32,36). The summed E-state index contributed by atoms with van der Waals surface area (Å²) in [7, 11) is 0. The van der Waals surface area contributed by atoms with Gasteiger partial charge in [0.05, 0.1) is 5.52 Å². The first-order valence-corrected chi connectivity index (χ1v) is 13.7. The molecule has 1 fully saturated rings. The van der Waals surface area contributed by atoms with Gasteiger partial charge >= 0.3 is 0 Å². The molecule has 0 unspecified atom stereocenters. The molecule has 0 amide bonds. The van der Waals surface area contributed by atoms with Crippen LogP contribution in [0.5, 0.6) is 0 Å². The molecule has 3 aromatic carbocycles. The number of benzene rings is 3. The first-order chi connectivity index (χ1) is 18.1. The van der Waals surface area contributed by atoms with E-state index in [-0.39, 0.29) is 16.8 Å². The van der Waals surface area contributed by atoms with Crippen molar-refractivity contribution in [2.75, 3.05) is 13.1 Å². The molecular weight excluding hydrogens is 485 g/mol. The van der Waals surface area contributed by atoms with E-state index < -0.39 is 16.8 Å². The van der Waals surface area contributed by atoms with Crippen molar-refractivity contribution in [2.24, 2.45) is 0 Å². The highest BCUT2D eigenvalue weighted by molar-refractivity contribution is 7.12. The molecule has 0 bridgehead atoms. The summed E-state index contributed by atoms with van der Waals surface area (Å²) in [5.41, 5.74) is 5.14. The topological polar surface area (TPSA) is 58.1 Å². The Kier molecular flexibility index (Phi) is 5.37. The van der Waals surface area contributed by atoms with E-state index in [1.54, 1.807) is 0 Å². The van der Waals surface area contributed by atoms with Gasteiger partial charge in [0, 0.05) is 36.6 Å². The number of nitrogens with zero attached hydrogens (tertiary/aromatic N) is 2. The van der Waals surface area contributed by atoms with E-state index in [2.05, 4.69) is 50.2 Å². The molecule has 1 aliphatic heterocycles. The monoisotopic (exact) mass is 511 g/mol. The summed E-state index contributed by atoms with van der Waals surface area (Å²) in [4.78, 5) is 28.6. The zero-order valence-electron chi connectivity index (χ0n) is 20.3. The van der Waals surface area contributed by atoms with Gasteiger partial charge in [0.2, 0.25) is 5.43 Å². The van der Waals surface area contributed by atoms with E-state index in [4.69, 9.17) is 0 Å². The molecule has 186 valence electrons. The second-order valence-electron chi connectivity index (χ2n) is 10.2. The molecular formula is C30H26FN3O2S. The van der Waals surface area contributed by atoms with Gasteiger partial charge in [-0.05, 0) is 71.6 Å². The Hall–Kier alpha value is -3.55. The van der Waals surface area contributed by atoms with Crippen LogP contribution in [0.25, 0.3) is 32.2 Å². The molecule has 7 heteroatoms. The molecule has 1 saturated carbocycles. The van der Waals surface area contributed by atoms with Gasteiger partial charge in [0.1, 0.15) is 16.0 Å². The van der Waals surface area contributed by atoms with Gasteiger partial charge in [-0.1, -0.05) is 48.5 Å². The fraction of sp³-hybridized carbons (Fsp3) is 0.267. The lowest BCUT2D eigenvalue weighted by molar-refractivity contribution is 0.257. The fourth-order valence-corrected chi connectivity index (χ4v) is 6.59. The summed E-state index contributed by atoms with van der Waals surface area (Å²) in [6, 6.07) is 20.2. The van der Waals surface area contributed by atoms with Crippen molar-refractivity contribution in [1.29, 1.82) is 0 Å². The van der Waals surface area contributed by atoms with Crippen LogP contribution in [0, 0.1) is 5.82 Å². The van der Waals surface area contributed by atoms with Gasteiger partial charge in [-0.3, -0.25) is 18.9 Å². The van der Waals surface area contributed by atoms with Gasteiger partial charge in [0.25, 0.3) is 5.56 Å². The van der Waals surface area contributed by atoms with Gasteiger partial charge in [-0.2, -0.15) is 0 Å². The van der Waals surface area contributed by atoms with E-state index in [1.807, 2.05) is 18.2 Å². The van der Waals surface area contributed by atoms with Crippen molar-refractivity contribution in [3.63, 3.8) is 0 Å². The Balaban J connectivity index is 1.24. The van der Waals surface area contributed by atoms with Crippen LogP contribution < -0.4 is 11.0 Å². The molecule has 5 nitrogen and oxygen atoms in total. The third kappa shape index (κ3) is 3.93. The van der Waals surface area contributed by atoms with Crippen molar-refractivity contribution in [1.82, 2.24) is 13.8 Å². The molecule has 7 rings (SSSR count). The predicted molar refractivity (Wildman–Crippen MR) is 147 cm³/mol. The summed E-state index contributed by atoms with van der Waals surface area (Å²) < 4.78 is 20.2. The Labute approximate surface area is 216 Å². The third-order valence-electron chi connectivity index (χ3n) is 7.80. The number of H-pyrrole nitrogens is 1. The second-order valence-corrected chi connectivity index (χ2v) is 11.0. The lowest BCUT2D eigenvalue weighted by Gasteiger charge is -2.29. The van der Waals surface area contributed by atoms with E-state index in [0.717, 1.165) is 50.9 Å². The van der Waals surface area contributed by atoms with Gasteiger partial charge < -0.3 is 4.57 Å². The Morgan fingerprint density at radius 3 is 2.65 bits per heavy atom. The minimum atomic E-state index is -0.432. The van der Waals surface area contributed by atoms with Crippen LogP contribution in [-0.4, -0.2) is 26.9 Å². The minimum absolute atomic E-state index is 0.141. The molecule has 0 atom stereocenters. The molecule has 2 aliphatic rings. The number of hydrogen-bond acceptors (Lipinski definition) is 4. The number of pyridine rings is 1. The molecule has 0 spiro atoms. The van der Waals surface area contributed by atoms with Crippen LogP contribution in [0.1, 0.15) is 35.6 Å². The number of aromatic nitrogens is 2. The van der Waals surface area contributed by atoms with Gasteiger partial charge in [-0.15, -0.1) is 0 Å². The van der Waals surface area contributed by atoms with E-state index in [9.17, 15) is 9.59 Å². The van der Waals surface area contributed by atoms with Crippen molar-refractivity contribution in [3.8, 4) is 11.1 Å². The lowest BCUT2D eigenvalue weighted by atomic mass is 9.93. The maximum absolute atomic E-state index is 15.5. The summed E-state index contributed by atoms with van der Waals surface area (Å²) in [5, 5.41) is 0.415. The SMILES string of the molecule is O=c1[nH]sc2c1c(=O)c1cc(F)c(-c3ccc4c(c3)CCN(CCc3ccccc3)C4)cc1n2C1CC1. The van der Waals surface area contributed by atoms with Crippen molar-refractivity contribution in [3.05, 3.63) is 104 Å². The van der Waals surface area contributed by atoms with Gasteiger partial charge in [0.15, 0.2) is 0 Å². The van der Waals surface area contributed by atoms with Gasteiger partial charge in [-0.25, -0.2) is 4.39 Å². The third-order valence-corrected chi connectivity index (χ3v) is 8.68. The highest BCUT2D eigenvalue weighted by Crippen LogP contribution is 2.41. The summed E-state index contributed by atoms with van der Waals surface area (Å²) >= 11 is 1.19. The fourth-order valence-electron chi connectivity index (χ4n) is 5.67. The van der Waals surface area contributed by atoms with Crippen LogP contribution in [-0.2, 0) is 19.4 Å². The normalized spacial score (nSPS) is 15.9. The quantitative estimate of drug-likeness (QED) is 0.332. The summed E-state index contributed by atoms with van der Waals surface area (Å²) in [6.45, 7) is 2.90. The molecule has 37 heavy (non-hydrogen) atoms. The maximum atomic E-state index is 15.5. The van der Waals surface area contributed by atoms with Crippen molar-refractivity contribution < 1.29 is 4.39 Å². The van der Waals surface area contributed by atoms with E-state index >= 15 is 4.39 Å². The highest BCUT2D eigenvalue weighted by Gasteiger charge is 2.29. The number of fused-ring (bicyclic) bond motifs is 3. The summed E-state index contributed by atoms with van der Waals surface area (Å²) in [6.07, 6.45) is 3.94. The number of rotatable bonds is 5. The summed E-state index contributed by atoms with van der Waals surface area (Å²) in [5.74, 6) is -0.432. The smallest absolute Gasteiger partial charge is 0.271 e. The first-order valence-electron chi connectivity index (χ1n) is 12.8. The molecule has 5 aromatic rings. The van der Waals surface area contributed by atoms with E-state index in [0.29, 0.717) is 15.9 Å². The Morgan fingerprint density at radius 2 is 1.84 bits per heavy atom. The maximum Gasteiger partial charge on any atom is 0.271 e. The molecule has 1 N–H and O–H groups in total. The number of hydrogen-bond donors (Lipinski definition) is 1. The second kappa shape index (κ2) is 8.78. The highest BCUT2D eigenvalue weighted by atomic mass is 32.1. The predicted octanol–water partition coefficient (Wildman–Crippen LogP) is 5.65. The Morgan fingerprint density at radius 1 is 1.00 bits per heavy atom. The van der Waals surface area contributed by atoms with Crippen LogP contribution in [0.4, 0.5) is 4.39 Å². The number of nitrogens with one attached hydrogen (secondary N) is 1. The number of halogens is 1. The van der Waals surface area contributed by atoms with E-state index in [1.165, 1.54) is 34.3 Å². The minimum Gasteiger partial charge on any atom is -0.328 e. The van der Waals surface area contributed by atoms with Crippen LogP contribution in [0.2, 0.25) is 0 Å². The molecule has 0 saturated heterocycles. The van der Waals surface area contributed by atoms with Crippen LogP contribution in [0.15, 0.2) is 70.3 Å². The molecule has 1 aliphatic carbocycles. The zero-order chi connectivity index (χ0) is 25.1. The zero-order valence-corrected chi connectivity index (χ0v) is 21.1. The van der Waals surface area contributed by atoms with Crippen molar-refractivity contribution >= 4 is 32.7 Å². The molecule has 0 radical (unpaired) electrons. The average Bonchev–Trinajstić information content (AvgIpc) is 3.69.